The summed E-state index contributed by atoms with van der Waals surface area (Å²) < 4.78 is 10.7. The van der Waals surface area contributed by atoms with Gasteiger partial charge in [-0.25, -0.2) is 4.79 Å². The van der Waals surface area contributed by atoms with Crippen molar-refractivity contribution in [2.45, 2.75) is 19.1 Å². The standard InChI is InChI=1S/C13H16ClNO4/c1-9(16)6-15-7-12(19-13(15)17)8-18-11-4-2-3-10(14)5-11/h2-5,9,12,16H,6-8H2,1H3/t9-,12-/m0/s1. The summed E-state index contributed by atoms with van der Waals surface area (Å²) in [6, 6.07) is 7.04. The molecular weight excluding hydrogens is 270 g/mol. The number of aliphatic hydroxyl groups excluding tert-OH is 1. The van der Waals surface area contributed by atoms with Gasteiger partial charge in [0.15, 0.2) is 6.10 Å². The van der Waals surface area contributed by atoms with Crippen molar-refractivity contribution >= 4 is 17.7 Å². The first-order valence-electron chi connectivity index (χ1n) is 6.06. The van der Waals surface area contributed by atoms with Crippen molar-refractivity contribution < 1.29 is 19.4 Å². The summed E-state index contributed by atoms with van der Waals surface area (Å²) in [6.07, 6.45) is -1.31. The van der Waals surface area contributed by atoms with Crippen molar-refractivity contribution in [1.29, 1.82) is 0 Å². The van der Waals surface area contributed by atoms with E-state index >= 15 is 0 Å². The van der Waals surface area contributed by atoms with Crippen LogP contribution < -0.4 is 4.74 Å². The van der Waals surface area contributed by atoms with E-state index in [0.29, 0.717) is 17.3 Å². The number of nitrogens with zero attached hydrogens (tertiary/aromatic N) is 1. The van der Waals surface area contributed by atoms with Gasteiger partial charge in [0.1, 0.15) is 12.4 Å². The van der Waals surface area contributed by atoms with E-state index in [1.54, 1.807) is 31.2 Å². The molecule has 19 heavy (non-hydrogen) atoms. The molecule has 0 unspecified atom stereocenters. The summed E-state index contributed by atoms with van der Waals surface area (Å²) in [5, 5.41) is 9.85. The second kappa shape index (κ2) is 6.12. The molecule has 104 valence electrons. The molecule has 1 aromatic carbocycles. The number of β-amino-alcohol motifs (C(OH)–C–C–N with tert-alkyl or cyclic N) is 1. The van der Waals surface area contributed by atoms with E-state index in [0.717, 1.165) is 0 Å². The van der Waals surface area contributed by atoms with E-state index in [4.69, 9.17) is 21.1 Å². The fraction of sp³-hybridized carbons (Fsp3) is 0.462. The molecule has 0 saturated carbocycles. The Morgan fingerprint density at radius 2 is 2.42 bits per heavy atom. The Bertz CT molecular complexity index is 452. The smallest absolute Gasteiger partial charge is 0.410 e. The maximum Gasteiger partial charge on any atom is 0.410 e. The molecule has 0 aliphatic carbocycles. The quantitative estimate of drug-likeness (QED) is 0.898. The van der Waals surface area contributed by atoms with Gasteiger partial charge in [0.05, 0.1) is 12.6 Å². The first-order chi connectivity index (χ1) is 9.04. The summed E-state index contributed by atoms with van der Waals surface area (Å²) in [7, 11) is 0. The Morgan fingerprint density at radius 1 is 1.63 bits per heavy atom. The number of rotatable bonds is 5. The van der Waals surface area contributed by atoms with Crippen LogP contribution in [0.2, 0.25) is 5.02 Å². The lowest BCUT2D eigenvalue weighted by atomic mass is 10.3. The number of benzene rings is 1. The van der Waals surface area contributed by atoms with E-state index in [1.165, 1.54) is 4.90 Å². The fourth-order valence-corrected chi connectivity index (χ4v) is 2.06. The summed E-state index contributed by atoms with van der Waals surface area (Å²) in [6.45, 7) is 2.59. The van der Waals surface area contributed by atoms with Crippen molar-refractivity contribution in [2.24, 2.45) is 0 Å². The molecule has 1 saturated heterocycles. The second-order valence-corrected chi connectivity index (χ2v) is 4.96. The van der Waals surface area contributed by atoms with Crippen LogP contribution in [0.15, 0.2) is 24.3 Å². The first-order valence-corrected chi connectivity index (χ1v) is 6.44. The molecule has 0 bridgehead atoms. The lowest BCUT2D eigenvalue weighted by Gasteiger charge is -2.14. The van der Waals surface area contributed by atoms with E-state index in [9.17, 15) is 9.90 Å². The van der Waals surface area contributed by atoms with Crippen molar-refractivity contribution in [3.63, 3.8) is 0 Å². The molecule has 0 aromatic heterocycles. The molecule has 1 fully saturated rings. The van der Waals surface area contributed by atoms with E-state index in [2.05, 4.69) is 0 Å². The van der Waals surface area contributed by atoms with Crippen molar-refractivity contribution in [3.05, 3.63) is 29.3 Å². The molecule has 0 radical (unpaired) electrons. The summed E-state index contributed by atoms with van der Waals surface area (Å²) in [4.78, 5) is 13.0. The van der Waals surface area contributed by atoms with Gasteiger partial charge in [0, 0.05) is 11.6 Å². The highest BCUT2D eigenvalue weighted by Gasteiger charge is 2.32. The molecule has 1 aliphatic heterocycles. The summed E-state index contributed by atoms with van der Waals surface area (Å²) in [5.74, 6) is 0.637. The molecular formula is C13H16ClNO4. The average Bonchev–Trinajstić information content (AvgIpc) is 2.67. The van der Waals surface area contributed by atoms with Crippen molar-refractivity contribution in [2.75, 3.05) is 19.7 Å². The van der Waals surface area contributed by atoms with Crippen LogP contribution in [0.25, 0.3) is 0 Å². The van der Waals surface area contributed by atoms with Gasteiger partial charge in [-0.15, -0.1) is 0 Å². The number of hydrogen-bond donors (Lipinski definition) is 1. The zero-order valence-corrected chi connectivity index (χ0v) is 11.3. The van der Waals surface area contributed by atoms with Gasteiger partial charge >= 0.3 is 6.09 Å². The third-order valence-electron chi connectivity index (χ3n) is 2.67. The number of ether oxygens (including phenoxy) is 2. The number of carbonyl (C=O) groups excluding carboxylic acids is 1. The summed E-state index contributed by atoms with van der Waals surface area (Å²) in [5.41, 5.74) is 0. The van der Waals surface area contributed by atoms with Crippen LogP contribution in [0, 0.1) is 0 Å². The topological polar surface area (TPSA) is 59.0 Å². The largest absolute Gasteiger partial charge is 0.490 e. The normalized spacial score (nSPS) is 20.3. The Kier molecular flexibility index (Phi) is 4.50. The highest BCUT2D eigenvalue weighted by atomic mass is 35.5. The number of amides is 1. The van der Waals surface area contributed by atoms with Gasteiger partial charge in [0.25, 0.3) is 0 Å². The molecule has 1 aliphatic rings. The van der Waals surface area contributed by atoms with E-state index in [1.807, 2.05) is 0 Å². The monoisotopic (exact) mass is 285 g/mol. The predicted octanol–water partition coefficient (Wildman–Crippen LogP) is 1.92. The first kappa shape index (κ1) is 14.0. The fourth-order valence-electron chi connectivity index (χ4n) is 1.88. The zero-order valence-electron chi connectivity index (χ0n) is 10.6. The SMILES string of the molecule is C[C@H](O)CN1C[C@@H](COc2cccc(Cl)c2)OC1=O. The van der Waals surface area contributed by atoms with Gasteiger partial charge in [-0.1, -0.05) is 17.7 Å². The minimum Gasteiger partial charge on any atom is -0.490 e. The van der Waals surface area contributed by atoms with Crippen molar-refractivity contribution in [1.82, 2.24) is 4.90 Å². The Balaban J connectivity index is 1.83. The number of carbonyl (C=O) groups is 1. The zero-order chi connectivity index (χ0) is 13.8. The number of halogens is 1. The van der Waals surface area contributed by atoms with Crippen LogP contribution >= 0.6 is 11.6 Å². The van der Waals surface area contributed by atoms with Gasteiger partial charge in [0.2, 0.25) is 0 Å². The maximum absolute atomic E-state index is 11.5. The van der Waals surface area contributed by atoms with Crippen LogP contribution in [-0.4, -0.2) is 48.0 Å². The lowest BCUT2D eigenvalue weighted by Crippen LogP contribution is -2.32. The highest BCUT2D eigenvalue weighted by Crippen LogP contribution is 2.19. The third-order valence-corrected chi connectivity index (χ3v) is 2.90. The number of aliphatic hydroxyl groups is 1. The summed E-state index contributed by atoms with van der Waals surface area (Å²) >= 11 is 5.84. The van der Waals surface area contributed by atoms with Gasteiger partial charge in [-0.2, -0.15) is 0 Å². The van der Waals surface area contributed by atoms with E-state index in [-0.39, 0.29) is 19.3 Å². The van der Waals surface area contributed by atoms with Crippen LogP contribution in [0.3, 0.4) is 0 Å². The van der Waals surface area contributed by atoms with Crippen LogP contribution in [-0.2, 0) is 4.74 Å². The Morgan fingerprint density at radius 3 is 3.11 bits per heavy atom. The van der Waals surface area contributed by atoms with Crippen LogP contribution in [0.1, 0.15) is 6.92 Å². The lowest BCUT2D eigenvalue weighted by molar-refractivity contribution is 0.0998. The minimum absolute atomic E-state index is 0.266. The Hall–Kier alpha value is -1.46. The molecule has 1 heterocycles. The number of cyclic esters (lactones) is 1. The van der Waals surface area contributed by atoms with Crippen molar-refractivity contribution in [3.8, 4) is 5.75 Å². The molecule has 0 spiro atoms. The molecule has 5 nitrogen and oxygen atoms in total. The molecule has 1 N–H and O–H groups in total. The molecule has 1 amide bonds. The number of hydrogen-bond acceptors (Lipinski definition) is 4. The van der Waals surface area contributed by atoms with Gasteiger partial charge < -0.3 is 19.5 Å². The second-order valence-electron chi connectivity index (χ2n) is 4.53. The van der Waals surface area contributed by atoms with E-state index < -0.39 is 12.2 Å². The van der Waals surface area contributed by atoms with Crippen LogP contribution in [0.4, 0.5) is 4.79 Å². The molecule has 2 atom stereocenters. The minimum atomic E-state index is -0.569. The molecule has 1 aromatic rings. The van der Waals surface area contributed by atoms with Gasteiger partial charge in [-0.05, 0) is 25.1 Å². The third kappa shape index (κ3) is 4.01. The maximum atomic E-state index is 11.5. The predicted molar refractivity (Wildman–Crippen MR) is 70.5 cm³/mol. The molecule has 2 rings (SSSR count). The highest BCUT2D eigenvalue weighted by molar-refractivity contribution is 6.30. The average molecular weight is 286 g/mol. The molecule has 6 heteroatoms. The van der Waals surface area contributed by atoms with Crippen LogP contribution in [0.5, 0.6) is 5.75 Å². The Labute approximate surface area is 116 Å². The van der Waals surface area contributed by atoms with Gasteiger partial charge in [-0.3, -0.25) is 0 Å².